The van der Waals surface area contributed by atoms with Gasteiger partial charge in [-0.1, -0.05) is 29.8 Å². The molecule has 1 rings (SSSR count). The highest BCUT2D eigenvalue weighted by atomic mass is 35.5. The van der Waals surface area contributed by atoms with Gasteiger partial charge in [0.25, 0.3) is 0 Å². The Balaban J connectivity index is 3.08. The van der Waals surface area contributed by atoms with Crippen LogP contribution in [0.2, 0.25) is 5.02 Å². The van der Waals surface area contributed by atoms with Gasteiger partial charge in [0, 0.05) is 12.1 Å². The first-order valence-electron chi connectivity index (χ1n) is 5.11. The van der Waals surface area contributed by atoms with Crippen LogP contribution in [0.4, 0.5) is 0 Å². The highest BCUT2D eigenvalue weighted by Crippen LogP contribution is 2.27. The van der Waals surface area contributed by atoms with Crippen molar-refractivity contribution in [3.05, 3.63) is 34.9 Å². The quantitative estimate of drug-likeness (QED) is 0.805. The van der Waals surface area contributed by atoms with Crippen LogP contribution in [0.15, 0.2) is 24.3 Å². The van der Waals surface area contributed by atoms with Crippen molar-refractivity contribution in [2.24, 2.45) is 5.41 Å². The molecular weight excluding hydrogens is 242 g/mol. The first-order chi connectivity index (χ1) is 7.91. The van der Waals surface area contributed by atoms with E-state index in [-0.39, 0.29) is 6.42 Å². The Morgan fingerprint density at radius 1 is 1.41 bits per heavy atom. The van der Waals surface area contributed by atoms with Gasteiger partial charge in [-0.15, -0.1) is 0 Å². The summed E-state index contributed by atoms with van der Waals surface area (Å²) >= 11 is 5.96. The van der Waals surface area contributed by atoms with E-state index in [1.807, 2.05) is 0 Å². The Morgan fingerprint density at radius 2 is 2.00 bits per heavy atom. The van der Waals surface area contributed by atoms with E-state index in [1.165, 1.54) is 14.0 Å². The molecule has 0 heterocycles. The summed E-state index contributed by atoms with van der Waals surface area (Å²) in [7, 11) is 1.41. The number of hydrogen-bond donors (Lipinski definition) is 2. The first kappa shape index (κ1) is 13.5. The molecule has 0 saturated heterocycles. The van der Waals surface area contributed by atoms with E-state index >= 15 is 0 Å². The van der Waals surface area contributed by atoms with Crippen molar-refractivity contribution in [3.63, 3.8) is 0 Å². The highest BCUT2D eigenvalue weighted by Gasteiger charge is 2.41. The zero-order valence-electron chi connectivity index (χ0n) is 9.66. The Bertz CT molecular complexity index is 447. The molecule has 0 spiro atoms. The predicted molar refractivity (Wildman–Crippen MR) is 65.0 cm³/mol. The molecule has 0 bridgehead atoms. The minimum atomic E-state index is -1.51. The lowest BCUT2D eigenvalue weighted by Gasteiger charge is -2.23. The number of carboxylic acids is 1. The molecule has 0 aliphatic rings. The van der Waals surface area contributed by atoms with Crippen LogP contribution >= 0.6 is 11.6 Å². The summed E-state index contributed by atoms with van der Waals surface area (Å²) in [5, 5.41) is 12.0. The molecule has 0 aliphatic heterocycles. The largest absolute Gasteiger partial charge is 0.480 e. The summed E-state index contributed by atoms with van der Waals surface area (Å²) in [4.78, 5) is 22.9. The van der Waals surface area contributed by atoms with E-state index in [2.05, 4.69) is 5.32 Å². The Hall–Kier alpha value is -1.55. The molecule has 1 aromatic rings. The van der Waals surface area contributed by atoms with Crippen molar-refractivity contribution in [3.8, 4) is 0 Å². The van der Waals surface area contributed by atoms with Gasteiger partial charge >= 0.3 is 5.97 Å². The minimum absolute atomic E-state index is 0.0572. The van der Waals surface area contributed by atoms with Gasteiger partial charge in [0.15, 0.2) is 0 Å². The van der Waals surface area contributed by atoms with Crippen LogP contribution in [0, 0.1) is 5.41 Å². The lowest BCUT2D eigenvalue weighted by atomic mass is 9.82. The molecule has 0 saturated carbocycles. The van der Waals surface area contributed by atoms with E-state index in [9.17, 15) is 14.7 Å². The SMILES string of the molecule is CNC(=O)C(C)(Cc1ccccc1Cl)C(=O)O. The molecule has 17 heavy (non-hydrogen) atoms. The number of hydrogen-bond acceptors (Lipinski definition) is 2. The summed E-state index contributed by atoms with van der Waals surface area (Å²) < 4.78 is 0. The monoisotopic (exact) mass is 255 g/mol. The first-order valence-corrected chi connectivity index (χ1v) is 5.48. The topological polar surface area (TPSA) is 66.4 Å². The fourth-order valence-corrected chi connectivity index (χ4v) is 1.75. The zero-order valence-corrected chi connectivity index (χ0v) is 10.4. The third-order valence-corrected chi connectivity index (χ3v) is 3.07. The predicted octanol–water partition coefficient (Wildman–Crippen LogP) is 1.72. The fraction of sp³-hybridized carbons (Fsp3) is 0.333. The highest BCUT2D eigenvalue weighted by molar-refractivity contribution is 6.31. The van der Waals surface area contributed by atoms with Gasteiger partial charge in [-0.2, -0.15) is 0 Å². The van der Waals surface area contributed by atoms with Crippen molar-refractivity contribution < 1.29 is 14.7 Å². The number of nitrogens with one attached hydrogen (secondary N) is 1. The lowest BCUT2D eigenvalue weighted by Crippen LogP contribution is -2.44. The normalized spacial score (nSPS) is 13.8. The molecule has 2 N–H and O–H groups in total. The Kier molecular flexibility index (Phi) is 4.12. The average Bonchev–Trinajstić information content (AvgIpc) is 2.30. The van der Waals surface area contributed by atoms with Crippen LogP contribution in [0.3, 0.4) is 0 Å². The molecular formula is C12H14ClNO3. The maximum Gasteiger partial charge on any atom is 0.319 e. The van der Waals surface area contributed by atoms with Gasteiger partial charge < -0.3 is 10.4 Å². The molecule has 0 fully saturated rings. The lowest BCUT2D eigenvalue weighted by molar-refractivity contribution is -0.154. The van der Waals surface area contributed by atoms with Crippen LogP contribution in [-0.4, -0.2) is 24.0 Å². The van der Waals surface area contributed by atoms with Crippen molar-refractivity contribution in [1.82, 2.24) is 5.32 Å². The molecule has 4 nitrogen and oxygen atoms in total. The summed E-state index contributed by atoms with van der Waals surface area (Å²) in [5.41, 5.74) is -0.873. The minimum Gasteiger partial charge on any atom is -0.480 e. The summed E-state index contributed by atoms with van der Waals surface area (Å²) in [6.07, 6.45) is 0.0572. The van der Waals surface area contributed by atoms with E-state index in [1.54, 1.807) is 24.3 Å². The molecule has 1 aromatic carbocycles. The third-order valence-electron chi connectivity index (χ3n) is 2.70. The van der Waals surface area contributed by atoms with Gasteiger partial charge in [-0.25, -0.2) is 0 Å². The molecule has 92 valence electrons. The standard InChI is InChI=1S/C12H14ClNO3/c1-12(11(16)17,10(15)14-2)7-8-5-3-4-6-9(8)13/h3-6H,7H2,1-2H3,(H,14,15)(H,16,17). The smallest absolute Gasteiger partial charge is 0.319 e. The average molecular weight is 256 g/mol. The number of carbonyl (C=O) groups is 2. The van der Waals surface area contributed by atoms with E-state index < -0.39 is 17.3 Å². The van der Waals surface area contributed by atoms with Gasteiger partial charge in [-0.3, -0.25) is 9.59 Å². The van der Waals surface area contributed by atoms with Crippen LogP contribution in [-0.2, 0) is 16.0 Å². The number of amides is 1. The van der Waals surface area contributed by atoms with Gasteiger partial charge in [-0.05, 0) is 25.0 Å². The molecule has 1 atom stereocenters. The Labute approximate surface area is 105 Å². The third kappa shape index (κ3) is 2.77. The molecule has 0 radical (unpaired) electrons. The second-order valence-electron chi connectivity index (χ2n) is 3.98. The number of halogens is 1. The van der Waals surface area contributed by atoms with E-state index in [0.29, 0.717) is 10.6 Å². The summed E-state index contributed by atoms with van der Waals surface area (Å²) in [5.74, 6) is -1.71. The summed E-state index contributed by atoms with van der Waals surface area (Å²) in [6.45, 7) is 1.39. The number of aliphatic carboxylic acids is 1. The molecule has 1 amide bonds. The van der Waals surface area contributed by atoms with Gasteiger partial charge in [0.2, 0.25) is 5.91 Å². The van der Waals surface area contributed by atoms with Crippen molar-refractivity contribution in [2.45, 2.75) is 13.3 Å². The van der Waals surface area contributed by atoms with Crippen LogP contribution < -0.4 is 5.32 Å². The maximum absolute atomic E-state index is 11.7. The molecule has 0 aliphatic carbocycles. The maximum atomic E-state index is 11.7. The number of rotatable bonds is 4. The van der Waals surface area contributed by atoms with Crippen LogP contribution in [0.1, 0.15) is 12.5 Å². The van der Waals surface area contributed by atoms with E-state index in [0.717, 1.165) is 0 Å². The zero-order chi connectivity index (χ0) is 13.1. The van der Waals surface area contributed by atoms with Crippen molar-refractivity contribution in [2.75, 3.05) is 7.05 Å². The number of benzene rings is 1. The fourth-order valence-electron chi connectivity index (χ4n) is 1.55. The second kappa shape index (κ2) is 5.19. The summed E-state index contributed by atoms with van der Waals surface area (Å²) in [6, 6.07) is 6.90. The molecule has 1 unspecified atom stereocenters. The molecule has 0 aromatic heterocycles. The number of carbonyl (C=O) groups excluding carboxylic acids is 1. The van der Waals surface area contributed by atoms with Crippen molar-refractivity contribution in [1.29, 1.82) is 0 Å². The van der Waals surface area contributed by atoms with Crippen molar-refractivity contribution >= 4 is 23.5 Å². The van der Waals surface area contributed by atoms with E-state index in [4.69, 9.17) is 11.6 Å². The van der Waals surface area contributed by atoms with Crippen LogP contribution in [0.5, 0.6) is 0 Å². The Morgan fingerprint density at radius 3 is 2.47 bits per heavy atom. The van der Waals surface area contributed by atoms with Crippen LogP contribution in [0.25, 0.3) is 0 Å². The second-order valence-corrected chi connectivity index (χ2v) is 4.39. The number of carboxylic acid groups (broad SMARTS) is 1. The molecule has 5 heteroatoms. The van der Waals surface area contributed by atoms with Gasteiger partial charge in [0.05, 0.1) is 0 Å². The van der Waals surface area contributed by atoms with Gasteiger partial charge in [0.1, 0.15) is 5.41 Å².